The number of hydrogen-bond acceptors (Lipinski definition) is 3. The van der Waals surface area contributed by atoms with Crippen LogP contribution in [0.25, 0.3) is 0 Å². The largest absolute Gasteiger partial charge is 0.362 e. The zero-order valence-corrected chi connectivity index (χ0v) is 10.2. The van der Waals surface area contributed by atoms with Gasteiger partial charge in [-0.05, 0) is 19.3 Å². The molecule has 0 spiro atoms. The minimum Gasteiger partial charge on any atom is -0.362 e. The number of nitrogens with zero attached hydrogens (tertiary/aromatic N) is 1. The van der Waals surface area contributed by atoms with Crippen molar-refractivity contribution in [3.8, 4) is 0 Å². The van der Waals surface area contributed by atoms with Crippen LogP contribution in [0.3, 0.4) is 0 Å². The van der Waals surface area contributed by atoms with Crippen molar-refractivity contribution in [2.45, 2.75) is 46.5 Å². The van der Waals surface area contributed by atoms with Crippen LogP contribution < -0.4 is 5.32 Å². The van der Waals surface area contributed by atoms with Crippen molar-refractivity contribution in [2.75, 3.05) is 11.9 Å². The molecule has 0 aliphatic carbocycles. The fraction of sp³-hybridized carbons (Fsp3) is 0.727. The molecule has 0 saturated carbocycles. The van der Waals surface area contributed by atoms with E-state index in [0.29, 0.717) is 0 Å². The molecule has 0 aliphatic heterocycles. The monoisotopic (exact) mass is 212 g/mol. The molecule has 2 nitrogen and oxygen atoms in total. The number of nitrogens with one attached hydrogen (secondary N) is 1. The van der Waals surface area contributed by atoms with E-state index in [1.54, 1.807) is 0 Å². The molecular weight excluding hydrogens is 192 g/mol. The summed E-state index contributed by atoms with van der Waals surface area (Å²) in [5.74, 6) is 0. The topological polar surface area (TPSA) is 24.9 Å². The summed E-state index contributed by atoms with van der Waals surface area (Å²) in [4.78, 5) is 6.07. The van der Waals surface area contributed by atoms with Crippen molar-refractivity contribution in [3.05, 3.63) is 10.6 Å². The first kappa shape index (κ1) is 11.5. The number of rotatable bonds is 6. The van der Waals surface area contributed by atoms with Gasteiger partial charge in [0.2, 0.25) is 0 Å². The van der Waals surface area contributed by atoms with Gasteiger partial charge in [0.1, 0.15) is 0 Å². The summed E-state index contributed by atoms with van der Waals surface area (Å²) < 4.78 is 0. The first-order valence-corrected chi connectivity index (χ1v) is 6.35. The second-order valence-electron chi connectivity index (χ2n) is 3.42. The van der Waals surface area contributed by atoms with Gasteiger partial charge in [-0.3, -0.25) is 0 Å². The van der Waals surface area contributed by atoms with Crippen LogP contribution in [0.5, 0.6) is 0 Å². The highest BCUT2D eigenvalue weighted by atomic mass is 32.1. The second kappa shape index (κ2) is 6.02. The standard InChI is InChI=1S/C11H20N2S/c1-4-7-9-10(6-3)14-11(13-9)12-8-5-2/h4-8H2,1-3H3,(H,12,13). The van der Waals surface area contributed by atoms with Crippen LogP contribution in [0.15, 0.2) is 0 Å². The van der Waals surface area contributed by atoms with Gasteiger partial charge in [-0.15, -0.1) is 11.3 Å². The van der Waals surface area contributed by atoms with Crippen LogP contribution in [0.4, 0.5) is 5.13 Å². The van der Waals surface area contributed by atoms with Crippen molar-refractivity contribution in [3.63, 3.8) is 0 Å². The molecular formula is C11H20N2S. The SMILES string of the molecule is CCCNc1nc(CCC)c(CC)s1. The molecule has 1 heterocycles. The third-order valence-corrected chi connectivity index (χ3v) is 3.31. The van der Waals surface area contributed by atoms with E-state index in [1.165, 1.54) is 17.0 Å². The lowest BCUT2D eigenvalue weighted by Gasteiger charge is -1.96. The fourth-order valence-corrected chi connectivity index (χ4v) is 2.37. The molecule has 0 atom stereocenters. The molecule has 0 radical (unpaired) electrons. The van der Waals surface area contributed by atoms with Gasteiger partial charge in [-0.2, -0.15) is 0 Å². The lowest BCUT2D eigenvalue weighted by Crippen LogP contribution is -1.99. The minimum absolute atomic E-state index is 1.03. The summed E-state index contributed by atoms with van der Waals surface area (Å²) in [6.45, 7) is 7.62. The lowest BCUT2D eigenvalue weighted by atomic mass is 10.2. The normalized spacial score (nSPS) is 10.5. The summed E-state index contributed by atoms with van der Waals surface area (Å²) in [6.07, 6.45) is 4.57. The van der Waals surface area contributed by atoms with Crippen LogP contribution >= 0.6 is 11.3 Å². The Kier molecular flexibility index (Phi) is 4.94. The highest BCUT2D eigenvalue weighted by Crippen LogP contribution is 2.24. The zero-order chi connectivity index (χ0) is 10.4. The molecule has 1 rings (SSSR count). The molecule has 0 bridgehead atoms. The maximum absolute atomic E-state index is 4.62. The van der Waals surface area contributed by atoms with E-state index in [-0.39, 0.29) is 0 Å². The van der Waals surface area contributed by atoms with E-state index in [0.717, 1.165) is 30.9 Å². The van der Waals surface area contributed by atoms with Crippen molar-refractivity contribution >= 4 is 16.5 Å². The predicted octanol–water partition coefficient (Wildman–Crippen LogP) is 3.48. The third-order valence-electron chi connectivity index (χ3n) is 2.11. The molecule has 0 unspecified atom stereocenters. The Morgan fingerprint density at radius 1 is 1.21 bits per heavy atom. The van der Waals surface area contributed by atoms with Crippen LogP contribution in [0.1, 0.15) is 44.2 Å². The first-order chi connectivity index (χ1) is 6.81. The number of hydrogen-bond donors (Lipinski definition) is 1. The Bertz CT molecular complexity index is 268. The highest BCUT2D eigenvalue weighted by Gasteiger charge is 2.07. The molecule has 80 valence electrons. The molecule has 0 saturated heterocycles. The molecule has 0 fully saturated rings. The van der Waals surface area contributed by atoms with Crippen LogP contribution in [0.2, 0.25) is 0 Å². The Hall–Kier alpha value is -0.570. The van der Waals surface area contributed by atoms with Gasteiger partial charge in [0.25, 0.3) is 0 Å². The van der Waals surface area contributed by atoms with E-state index in [2.05, 4.69) is 31.1 Å². The van der Waals surface area contributed by atoms with Crippen LogP contribution in [0, 0.1) is 0 Å². The van der Waals surface area contributed by atoms with E-state index in [4.69, 9.17) is 0 Å². The second-order valence-corrected chi connectivity index (χ2v) is 4.50. The maximum Gasteiger partial charge on any atom is 0.183 e. The molecule has 3 heteroatoms. The Balaban J connectivity index is 2.67. The van der Waals surface area contributed by atoms with Gasteiger partial charge in [0.05, 0.1) is 5.69 Å². The number of thiazole rings is 1. The lowest BCUT2D eigenvalue weighted by molar-refractivity contribution is 0.873. The highest BCUT2D eigenvalue weighted by molar-refractivity contribution is 7.15. The molecule has 14 heavy (non-hydrogen) atoms. The maximum atomic E-state index is 4.62. The molecule has 1 N–H and O–H groups in total. The minimum atomic E-state index is 1.03. The van der Waals surface area contributed by atoms with E-state index >= 15 is 0 Å². The van der Waals surface area contributed by atoms with E-state index < -0.39 is 0 Å². The summed E-state index contributed by atoms with van der Waals surface area (Å²) in [7, 11) is 0. The number of aromatic nitrogens is 1. The van der Waals surface area contributed by atoms with Gasteiger partial charge in [-0.1, -0.05) is 27.2 Å². The summed E-state index contributed by atoms with van der Waals surface area (Å²) in [5.41, 5.74) is 1.30. The molecule has 1 aromatic rings. The van der Waals surface area contributed by atoms with Crippen LogP contribution in [-0.4, -0.2) is 11.5 Å². The fourth-order valence-electron chi connectivity index (χ4n) is 1.40. The van der Waals surface area contributed by atoms with E-state index in [1.807, 2.05) is 11.3 Å². The molecule has 0 aliphatic rings. The Morgan fingerprint density at radius 2 is 2.00 bits per heavy atom. The average Bonchev–Trinajstić information content (AvgIpc) is 2.58. The van der Waals surface area contributed by atoms with Gasteiger partial charge in [-0.25, -0.2) is 4.98 Å². The Morgan fingerprint density at radius 3 is 2.57 bits per heavy atom. The summed E-state index contributed by atoms with van der Waals surface area (Å²) in [6, 6.07) is 0. The quantitative estimate of drug-likeness (QED) is 0.781. The van der Waals surface area contributed by atoms with Gasteiger partial charge < -0.3 is 5.32 Å². The Labute approximate surface area is 90.8 Å². The van der Waals surface area contributed by atoms with Crippen molar-refractivity contribution in [2.24, 2.45) is 0 Å². The zero-order valence-electron chi connectivity index (χ0n) is 9.39. The van der Waals surface area contributed by atoms with Crippen LogP contribution in [-0.2, 0) is 12.8 Å². The molecule has 0 amide bonds. The van der Waals surface area contributed by atoms with Gasteiger partial charge in [0.15, 0.2) is 5.13 Å². The first-order valence-electron chi connectivity index (χ1n) is 5.54. The van der Waals surface area contributed by atoms with Crippen molar-refractivity contribution in [1.82, 2.24) is 4.98 Å². The summed E-state index contributed by atoms with van der Waals surface area (Å²) in [5, 5.41) is 4.46. The summed E-state index contributed by atoms with van der Waals surface area (Å²) >= 11 is 1.82. The van der Waals surface area contributed by atoms with Crippen molar-refractivity contribution in [1.29, 1.82) is 0 Å². The van der Waals surface area contributed by atoms with E-state index in [9.17, 15) is 0 Å². The van der Waals surface area contributed by atoms with Crippen molar-refractivity contribution < 1.29 is 0 Å². The average molecular weight is 212 g/mol. The van der Waals surface area contributed by atoms with Gasteiger partial charge in [0, 0.05) is 11.4 Å². The predicted molar refractivity (Wildman–Crippen MR) is 64.3 cm³/mol. The third kappa shape index (κ3) is 2.98. The molecule has 0 aromatic carbocycles. The smallest absolute Gasteiger partial charge is 0.183 e. The molecule has 1 aromatic heterocycles. The van der Waals surface area contributed by atoms with Gasteiger partial charge >= 0.3 is 0 Å². The number of anilines is 1. The number of aryl methyl sites for hydroxylation is 2.